The molecule has 0 atom stereocenters. The van der Waals surface area contributed by atoms with Crippen molar-refractivity contribution in [3.63, 3.8) is 0 Å². The molecule has 1 saturated carbocycles. The predicted octanol–water partition coefficient (Wildman–Crippen LogP) is 3.20. The van der Waals surface area contributed by atoms with Crippen molar-refractivity contribution in [1.82, 2.24) is 10.1 Å². The van der Waals surface area contributed by atoms with Crippen LogP contribution in [0.2, 0.25) is 0 Å². The highest BCUT2D eigenvalue weighted by Crippen LogP contribution is 2.38. The summed E-state index contributed by atoms with van der Waals surface area (Å²) in [5.41, 5.74) is 3.73. The molecule has 4 heteroatoms. The van der Waals surface area contributed by atoms with Crippen LogP contribution in [0.5, 0.6) is 0 Å². The van der Waals surface area contributed by atoms with E-state index in [2.05, 4.69) is 54.1 Å². The third kappa shape index (κ3) is 2.78. The summed E-state index contributed by atoms with van der Waals surface area (Å²) in [5, 5.41) is 4.06. The molecule has 1 aliphatic rings. The Kier molecular flexibility index (Phi) is 3.01. The summed E-state index contributed by atoms with van der Waals surface area (Å²) in [6.07, 6.45) is 2.38. The molecule has 1 aromatic heterocycles. The fraction of sp³-hybridized carbons (Fsp3) is 0.467. The van der Waals surface area contributed by atoms with Crippen LogP contribution in [0.1, 0.15) is 41.6 Å². The molecule has 1 aromatic carbocycles. The van der Waals surface area contributed by atoms with Gasteiger partial charge in [0, 0.05) is 18.7 Å². The Morgan fingerprint density at radius 3 is 2.53 bits per heavy atom. The molecule has 19 heavy (non-hydrogen) atoms. The Bertz CT molecular complexity index is 567. The zero-order chi connectivity index (χ0) is 13.4. The first-order chi connectivity index (χ1) is 9.11. The van der Waals surface area contributed by atoms with Gasteiger partial charge in [-0.15, -0.1) is 0 Å². The maximum atomic E-state index is 5.28. The molecule has 0 spiro atoms. The number of hydrogen-bond acceptors (Lipinski definition) is 4. The molecular formula is C15H19N3O. The molecule has 0 radical (unpaired) electrons. The van der Waals surface area contributed by atoms with E-state index in [0.717, 1.165) is 11.7 Å². The number of aryl methyl sites for hydroxylation is 2. The Labute approximate surface area is 113 Å². The lowest BCUT2D eigenvalue weighted by atomic mass is 10.1. The molecule has 1 fully saturated rings. The topological polar surface area (TPSA) is 42.2 Å². The smallest absolute Gasteiger partial charge is 0.229 e. The summed E-state index contributed by atoms with van der Waals surface area (Å²) in [7, 11) is 2.06. The van der Waals surface area contributed by atoms with E-state index in [1.54, 1.807) is 0 Å². The van der Waals surface area contributed by atoms with Crippen molar-refractivity contribution in [1.29, 1.82) is 0 Å². The number of benzene rings is 1. The number of rotatable bonds is 4. The lowest BCUT2D eigenvalue weighted by Crippen LogP contribution is -2.17. The first kappa shape index (κ1) is 12.2. The minimum Gasteiger partial charge on any atom is -0.367 e. The van der Waals surface area contributed by atoms with Gasteiger partial charge in [-0.05, 0) is 49.9 Å². The summed E-state index contributed by atoms with van der Waals surface area (Å²) in [5.74, 6) is 2.10. The van der Waals surface area contributed by atoms with Gasteiger partial charge in [-0.2, -0.15) is 4.98 Å². The molecule has 0 bridgehead atoms. The summed E-state index contributed by atoms with van der Waals surface area (Å²) < 4.78 is 5.28. The first-order valence-electron chi connectivity index (χ1n) is 6.74. The highest BCUT2D eigenvalue weighted by molar-refractivity contribution is 5.50. The van der Waals surface area contributed by atoms with Gasteiger partial charge < -0.3 is 9.42 Å². The van der Waals surface area contributed by atoms with Crippen LogP contribution in [0.25, 0.3) is 0 Å². The van der Waals surface area contributed by atoms with Crippen LogP contribution >= 0.6 is 0 Å². The molecule has 100 valence electrons. The fourth-order valence-electron chi connectivity index (χ4n) is 2.30. The maximum absolute atomic E-state index is 5.28. The Morgan fingerprint density at radius 1 is 1.21 bits per heavy atom. The second-order valence-electron chi connectivity index (χ2n) is 5.53. The second kappa shape index (κ2) is 4.68. The normalized spacial score (nSPS) is 14.7. The number of anilines is 1. The molecule has 0 N–H and O–H groups in total. The molecule has 1 heterocycles. The first-order valence-corrected chi connectivity index (χ1v) is 6.74. The standard InChI is InChI=1S/C15H19N3O/c1-10-6-11(2)8-13(7-10)18(3)9-14-16-15(19-17-14)12-4-5-12/h6-8,12H,4-5,9H2,1-3H3. The van der Waals surface area contributed by atoms with Crippen LogP contribution in [0.15, 0.2) is 22.7 Å². The molecular weight excluding hydrogens is 238 g/mol. The second-order valence-corrected chi connectivity index (χ2v) is 5.53. The van der Waals surface area contributed by atoms with Gasteiger partial charge in [0.25, 0.3) is 0 Å². The van der Waals surface area contributed by atoms with Crippen molar-refractivity contribution in [2.45, 2.75) is 39.2 Å². The van der Waals surface area contributed by atoms with Crippen molar-refractivity contribution in [3.8, 4) is 0 Å². The molecule has 0 saturated heterocycles. The van der Waals surface area contributed by atoms with Crippen molar-refractivity contribution >= 4 is 5.69 Å². The zero-order valence-corrected chi connectivity index (χ0v) is 11.7. The lowest BCUT2D eigenvalue weighted by Gasteiger charge is -2.18. The summed E-state index contributed by atoms with van der Waals surface area (Å²) in [6.45, 7) is 4.91. The molecule has 4 nitrogen and oxygen atoms in total. The minimum absolute atomic E-state index is 0.521. The van der Waals surface area contributed by atoms with Gasteiger partial charge in [0.1, 0.15) is 0 Å². The van der Waals surface area contributed by atoms with Crippen LogP contribution in [0.4, 0.5) is 5.69 Å². The van der Waals surface area contributed by atoms with E-state index < -0.39 is 0 Å². The van der Waals surface area contributed by atoms with Gasteiger partial charge in [0.2, 0.25) is 5.89 Å². The van der Waals surface area contributed by atoms with Gasteiger partial charge >= 0.3 is 0 Å². The number of hydrogen-bond donors (Lipinski definition) is 0. The highest BCUT2D eigenvalue weighted by Gasteiger charge is 2.29. The van der Waals surface area contributed by atoms with Crippen LogP contribution in [-0.4, -0.2) is 17.2 Å². The van der Waals surface area contributed by atoms with E-state index in [0.29, 0.717) is 12.5 Å². The van der Waals surface area contributed by atoms with E-state index in [-0.39, 0.29) is 0 Å². The van der Waals surface area contributed by atoms with Gasteiger partial charge in [0.15, 0.2) is 5.82 Å². The molecule has 0 aliphatic heterocycles. The molecule has 3 rings (SSSR count). The van der Waals surface area contributed by atoms with Crippen molar-refractivity contribution in [2.24, 2.45) is 0 Å². The molecule has 2 aromatic rings. The minimum atomic E-state index is 0.521. The average molecular weight is 257 g/mol. The molecule has 0 amide bonds. The zero-order valence-electron chi connectivity index (χ0n) is 11.7. The van der Waals surface area contributed by atoms with Gasteiger partial charge in [-0.3, -0.25) is 0 Å². The highest BCUT2D eigenvalue weighted by atomic mass is 16.5. The number of nitrogens with zero attached hydrogens (tertiary/aromatic N) is 3. The van der Waals surface area contributed by atoms with Gasteiger partial charge in [-0.25, -0.2) is 0 Å². The summed E-state index contributed by atoms with van der Waals surface area (Å²) >= 11 is 0. The van der Waals surface area contributed by atoms with E-state index in [1.807, 2.05) is 0 Å². The maximum Gasteiger partial charge on any atom is 0.229 e. The quantitative estimate of drug-likeness (QED) is 0.843. The van der Waals surface area contributed by atoms with Gasteiger partial charge in [-0.1, -0.05) is 11.2 Å². The summed E-state index contributed by atoms with van der Waals surface area (Å²) in [6, 6.07) is 6.53. The van der Waals surface area contributed by atoms with Crippen LogP contribution < -0.4 is 4.90 Å². The molecule has 0 unspecified atom stereocenters. The lowest BCUT2D eigenvalue weighted by molar-refractivity contribution is 0.374. The average Bonchev–Trinajstić information content (AvgIpc) is 3.09. The Balaban J connectivity index is 1.73. The van der Waals surface area contributed by atoms with Crippen molar-refractivity contribution in [2.75, 3.05) is 11.9 Å². The van der Waals surface area contributed by atoms with E-state index in [9.17, 15) is 0 Å². The predicted molar refractivity (Wildman–Crippen MR) is 74.3 cm³/mol. The van der Waals surface area contributed by atoms with Crippen LogP contribution in [0.3, 0.4) is 0 Å². The number of aromatic nitrogens is 2. The largest absolute Gasteiger partial charge is 0.367 e. The van der Waals surface area contributed by atoms with Crippen LogP contribution in [-0.2, 0) is 6.54 Å². The van der Waals surface area contributed by atoms with Crippen LogP contribution in [0, 0.1) is 13.8 Å². The Hall–Kier alpha value is -1.84. The monoisotopic (exact) mass is 257 g/mol. The van der Waals surface area contributed by atoms with Gasteiger partial charge in [0.05, 0.1) is 6.54 Å². The van der Waals surface area contributed by atoms with E-state index in [1.165, 1.54) is 29.7 Å². The van der Waals surface area contributed by atoms with Crippen molar-refractivity contribution in [3.05, 3.63) is 41.0 Å². The van der Waals surface area contributed by atoms with E-state index in [4.69, 9.17) is 4.52 Å². The summed E-state index contributed by atoms with van der Waals surface area (Å²) in [4.78, 5) is 6.62. The molecule has 1 aliphatic carbocycles. The fourth-order valence-corrected chi connectivity index (χ4v) is 2.30. The third-order valence-corrected chi connectivity index (χ3v) is 3.44. The SMILES string of the molecule is Cc1cc(C)cc(N(C)Cc2noc(C3CC3)n2)c1. The Morgan fingerprint density at radius 2 is 1.89 bits per heavy atom. The third-order valence-electron chi connectivity index (χ3n) is 3.44. The van der Waals surface area contributed by atoms with Crippen molar-refractivity contribution < 1.29 is 4.52 Å². The van der Waals surface area contributed by atoms with E-state index >= 15 is 0 Å².